The number of piperazine rings is 1. The zero-order chi connectivity index (χ0) is 24.3. The molecule has 0 unspecified atom stereocenters. The zero-order valence-electron chi connectivity index (χ0n) is 19.0. The Hall–Kier alpha value is -3.43. The summed E-state index contributed by atoms with van der Waals surface area (Å²) in [6.07, 6.45) is 0. The highest BCUT2D eigenvalue weighted by atomic mass is 32.2. The standard InChI is InChI=1S/C25H26FN3O4S/c1-18-5-3-4-6-23(18)27-25(30)19-7-12-22(26)24(17-19)34(31,32)29-15-13-28(14-16-29)20-8-10-21(33-2)11-9-20/h3-12,17H,13-16H2,1-2H3,(H,27,30). The topological polar surface area (TPSA) is 79.0 Å². The third kappa shape index (κ3) is 4.90. The van der Waals surface area contributed by atoms with Crippen LogP contribution in [0.25, 0.3) is 0 Å². The lowest BCUT2D eigenvalue weighted by molar-refractivity contribution is 0.102. The Morgan fingerprint density at radius 1 is 0.971 bits per heavy atom. The predicted octanol–water partition coefficient (Wildman–Crippen LogP) is 3.91. The molecule has 1 fully saturated rings. The van der Waals surface area contributed by atoms with Crippen molar-refractivity contribution in [3.05, 3.63) is 83.7 Å². The molecule has 4 rings (SSSR count). The maximum atomic E-state index is 14.6. The lowest BCUT2D eigenvalue weighted by Gasteiger charge is -2.35. The molecule has 1 aliphatic heterocycles. The average Bonchev–Trinajstić information content (AvgIpc) is 2.85. The van der Waals surface area contributed by atoms with Gasteiger partial charge in [-0.05, 0) is 61.0 Å². The highest BCUT2D eigenvalue weighted by Crippen LogP contribution is 2.25. The number of anilines is 2. The molecule has 3 aromatic rings. The minimum absolute atomic E-state index is 0.0695. The van der Waals surface area contributed by atoms with Gasteiger partial charge in [-0.2, -0.15) is 4.31 Å². The number of para-hydroxylation sites is 1. The maximum Gasteiger partial charge on any atom is 0.255 e. The summed E-state index contributed by atoms with van der Waals surface area (Å²) < 4.78 is 47.5. The van der Waals surface area contributed by atoms with Crippen molar-refractivity contribution in [2.24, 2.45) is 0 Å². The van der Waals surface area contributed by atoms with Gasteiger partial charge in [-0.15, -0.1) is 0 Å². The molecule has 0 radical (unpaired) electrons. The van der Waals surface area contributed by atoms with E-state index >= 15 is 0 Å². The second-order valence-corrected chi connectivity index (χ2v) is 9.91. The van der Waals surface area contributed by atoms with Crippen LogP contribution in [-0.2, 0) is 10.0 Å². The van der Waals surface area contributed by atoms with Gasteiger partial charge in [-0.1, -0.05) is 18.2 Å². The number of nitrogens with one attached hydrogen (secondary N) is 1. The van der Waals surface area contributed by atoms with Crippen LogP contribution in [0.4, 0.5) is 15.8 Å². The largest absolute Gasteiger partial charge is 0.497 e. The number of carbonyl (C=O) groups is 1. The third-order valence-electron chi connectivity index (χ3n) is 5.88. The Bertz CT molecular complexity index is 1290. The van der Waals surface area contributed by atoms with Gasteiger partial charge in [0.1, 0.15) is 16.5 Å². The molecule has 0 aromatic heterocycles. The van der Waals surface area contributed by atoms with E-state index in [4.69, 9.17) is 4.74 Å². The second kappa shape index (κ2) is 9.82. The van der Waals surface area contributed by atoms with Gasteiger partial charge in [0.05, 0.1) is 7.11 Å². The van der Waals surface area contributed by atoms with Gasteiger partial charge in [-0.25, -0.2) is 12.8 Å². The van der Waals surface area contributed by atoms with Crippen molar-refractivity contribution in [1.29, 1.82) is 0 Å². The Labute approximate surface area is 198 Å². The first kappa shape index (κ1) is 23.7. The van der Waals surface area contributed by atoms with E-state index in [-0.39, 0.29) is 18.7 Å². The summed E-state index contributed by atoms with van der Waals surface area (Å²) >= 11 is 0. The molecular weight excluding hydrogens is 457 g/mol. The molecule has 0 atom stereocenters. The van der Waals surface area contributed by atoms with E-state index in [0.717, 1.165) is 29.1 Å². The minimum Gasteiger partial charge on any atom is -0.497 e. The number of nitrogens with zero attached hydrogens (tertiary/aromatic N) is 2. The van der Waals surface area contributed by atoms with Gasteiger partial charge < -0.3 is 15.0 Å². The van der Waals surface area contributed by atoms with Crippen LogP contribution in [0.15, 0.2) is 71.6 Å². The molecule has 1 N–H and O–H groups in total. The van der Waals surface area contributed by atoms with Crippen LogP contribution >= 0.6 is 0 Å². The number of benzene rings is 3. The highest BCUT2D eigenvalue weighted by molar-refractivity contribution is 7.89. The Kier molecular flexibility index (Phi) is 6.85. The first-order chi connectivity index (χ1) is 16.3. The lowest BCUT2D eigenvalue weighted by Crippen LogP contribution is -2.48. The number of halogens is 1. The van der Waals surface area contributed by atoms with Gasteiger partial charge in [0, 0.05) is 43.1 Å². The third-order valence-corrected chi connectivity index (χ3v) is 7.79. The molecule has 0 aliphatic carbocycles. The molecule has 1 saturated heterocycles. The van der Waals surface area contributed by atoms with Crippen molar-refractivity contribution in [3.8, 4) is 5.75 Å². The number of carbonyl (C=O) groups excluding carboxylic acids is 1. The molecule has 1 aliphatic rings. The number of hydrogen-bond acceptors (Lipinski definition) is 5. The van der Waals surface area contributed by atoms with Crippen LogP contribution in [0.5, 0.6) is 5.75 Å². The highest BCUT2D eigenvalue weighted by Gasteiger charge is 2.31. The summed E-state index contributed by atoms with van der Waals surface area (Å²) in [5.41, 5.74) is 2.50. The lowest BCUT2D eigenvalue weighted by atomic mass is 10.1. The summed E-state index contributed by atoms with van der Waals surface area (Å²) in [7, 11) is -2.52. The number of methoxy groups -OCH3 is 1. The van der Waals surface area contributed by atoms with Crippen LogP contribution in [0, 0.1) is 12.7 Å². The molecule has 0 saturated carbocycles. The summed E-state index contributed by atoms with van der Waals surface area (Å²) in [4.78, 5) is 14.3. The van der Waals surface area contributed by atoms with Gasteiger partial charge in [0.25, 0.3) is 5.91 Å². The van der Waals surface area contributed by atoms with Crippen molar-refractivity contribution in [2.75, 3.05) is 43.5 Å². The minimum atomic E-state index is -4.11. The quantitative estimate of drug-likeness (QED) is 0.575. The molecule has 0 bridgehead atoms. The van der Waals surface area contributed by atoms with Crippen molar-refractivity contribution >= 4 is 27.3 Å². The SMILES string of the molecule is COc1ccc(N2CCN(S(=O)(=O)c3cc(C(=O)Nc4ccccc4C)ccc3F)CC2)cc1. The zero-order valence-corrected chi connectivity index (χ0v) is 19.8. The molecule has 178 valence electrons. The van der Waals surface area contributed by atoms with Crippen molar-refractivity contribution in [1.82, 2.24) is 4.31 Å². The number of hydrogen-bond donors (Lipinski definition) is 1. The fraction of sp³-hybridized carbons (Fsp3) is 0.240. The maximum absolute atomic E-state index is 14.6. The van der Waals surface area contributed by atoms with Crippen molar-refractivity contribution < 1.29 is 22.3 Å². The van der Waals surface area contributed by atoms with Crippen molar-refractivity contribution in [2.45, 2.75) is 11.8 Å². The van der Waals surface area contributed by atoms with E-state index in [9.17, 15) is 17.6 Å². The number of rotatable bonds is 6. The fourth-order valence-electron chi connectivity index (χ4n) is 3.87. The predicted molar refractivity (Wildman–Crippen MR) is 129 cm³/mol. The normalized spacial score (nSPS) is 14.6. The number of sulfonamides is 1. The molecule has 9 heteroatoms. The van der Waals surface area contributed by atoms with E-state index < -0.39 is 26.6 Å². The number of amides is 1. The smallest absolute Gasteiger partial charge is 0.255 e. The molecule has 0 spiro atoms. The Balaban J connectivity index is 1.50. The van der Waals surface area contributed by atoms with E-state index in [2.05, 4.69) is 10.2 Å². The van der Waals surface area contributed by atoms with E-state index in [1.54, 1.807) is 19.2 Å². The van der Waals surface area contributed by atoms with Crippen LogP contribution < -0.4 is 15.0 Å². The summed E-state index contributed by atoms with van der Waals surface area (Å²) in [5, 5.41) is 2.75. The molecule has 7 nitrogen and oxygen atoms in total. The number of ether oxygens (including phenoxy) is 1. The molecule has 3 aromatic carbocycles. The van der Waals surface area contributed by atoms with Crippen LogP contribution in [0.2, 0.25) is 0 Å². The first-order valence-corrected chi connectivity index (χ1v) is 12.3. The first-order valence-electron chi connectivity index (χ1n) is 10.9. The van der Waals surface area contributed by atoms with Gasteiger partial charge >= 0.3 is 0 Å². The van der Waals surface area contributed by atoms with Crippen LogP contribution in [0.3, 0.4) is 0 Å². The van der Waals surface area contributed by atoms with E-state index in [0.29, 0.717) is 18.8 Å². The number of aryl methyl sites for hydroxylation is 1. The van der Waals surface area contributed by atoms with E-state index in [1.807, 2.05) is 43.3 Å². The summed E-state index contributed by atoms with van der Waals surface area (Å²) in [6, 6.07) is 18.2. The summed E-state index contributed by atoms with van der Waals surface area (Å²) in [6.45, 7) is 3.17. The van der Waals surface area contributed by atoms with Crippen LogP contribution in [-0.4, -0.2) is 51.9 Å². The molecular formula is C25H26FN3O4S. The van der Waals surface area contributed by atoms with E-state index in [1.165, 1.54) is 10.4 Å². The second-order valence-electron chi connectivity index (χ2n) is 8.00. The summed E-state index contributed by atoms with van der Waals surface area (Å²) in [5.74, 6) is -0.646. The van der Waals surface area contributed by atoms with Gasteiger partial charge in [0.15, 0.2) is 0 Å². The van der Waals surface area contributed by atoms with Crippen molar-refractivity contribution in [3.63, 3.8) is 0 Å². The Morgan fingerprint density at radius 2 is 1.65 bits per heavy atom. The van der Waals surface area contributed by atoms with Gasteiger partial charge in [0.2, 0.25) is 10.0 Å². The monoisotopic (exact) mass is 483 g/mol. The molecule has 34 heavy (non-hydrogen) atoms. The van der Waals surface area contributed by atoms with Crippen LogP contribution in [0.1, 0.15) is 15.9 Å². The molecule has 1 heterocycles. The average molecular weight is 484 g/mol. The van der Waals surface area contributed by atoms with Gasteiger partial charge in [-0.3, -0.25) is 4.79 Å². The Morgan fingerprint density at radius 3 is 2.29 bits per heavy atom. The fourth-order valence-corrected chi connectivity index (χ4v) is 5.38. The molecule has 1 amide bonds.